The van der Waals surface area contributed by atoms with Crippen molar-refractivity contribution in [2.45, 2.75) is 26.3 Å². The molecule has 1 aromatic heterocycles. The van der Waals surface area contributed by atoms with Crippen LogP contribution in [0.5, 0.6) is 0 Å². The summed E-state index contributed by atoms with van der Waals surface area (Å²) >= 11 is 0. The van der Waals surface area contributed by atoms with Crippen LogP contribution in [-0.2, 0) is 6.54 Å². The molecule has 0 aliphatic rings. The van der Waals surface area contributed by atoms with Gasteiger partial charge in [0.15, 0.2) is 0 Å². The zero-order valence-electron chi connectivity index (χ0n) is 6.78. The molecule has 58 valence electrons. The molecule has 0 aliphatic carbocycles. The van der Waals surface area contributed by atoms with Gasteiger partial charge >= 0.3 is 0 Å². The van der Waals surface area contributed by atoms with Crippen molar-refractivity contribution in [1.29, 1.82) is 5.26 Å². The standard InChI is InChI=1S/C8H11N3/c1-7(2)8-5-10-11(6-8)4-3-9/h5-7H,4H2,1-2H3. The number of hydrogen-bond acceptors (Lipinski definition) is 2. The lowest BCUT2D eigenvalue weighted by atomic mass is 10.1. The first kappa shape index (κ1) is 7.80. The van der Waals surface area contributed by atoms with E-state index in [-0.39, 0.29) is 0 Å². The second-order valence-corrected chi connectivity index (χ2v) is 2.78. The highest BCUT2D eigenvalue weighted by atomic mass is 15.3. The average Bonchev–Trinajstić information content (AvgIpc) is 2.37. The second kappa shape index (κ2) is 3.20. The summed E-state index contributed by atoms with van der Waals surface area (Å²) in [6, 6.07) is 2.04. The quantitative estimate of drug-likeness (QED) is 0.639. The first-order valence-corrected chi connectivity index (χ1v) is 3.63. The molecule has 1 heterocycles. The normalized spacial score (nSPS) is 10.0. The zero-order chi connectivity index (χ0) is 8.27. The Kier molecular flexibility index (Phi) is 2.27. The number of rotatable bonds is 2. The Morgan fingerprint density at radius 3 is 2.91 bits per heavy atom. The number of nitrogens with zero attached hydrogens (tertiary/aromatic N) is 3. The lowest BCUT2D eigenvalue weighted by molar-refractivity contribution is 0.708. The fourth-order valence-electron chi connectivity index (χ4n) is 0.837. The molecule has 0 saturated heterocycles. The minimum Gasteiger partial charge on any atom is -0.258 e. The highest BCUT2D eigenvalue weighted by Crippen LogP contribution is 2.11. The molecular formula is C8H11N3. The second-order valence-electron chi connectivity index (χ2n) is 2.78. The maximum absolute atomic E-state index is 8.36. The molecule has 1 aromatic rings. The summed E-state index contributed by atoms with van der Waals surface area (Å²) in [5.74, 6) is 0.488. The summed E-state index contributed by atoms with van der Waals surface area (Å²) in [5.41, 5.74) is 1.18. The van der Waals surface area contributed by atoms with Crippen LogP contribution in [0.25, 0.3) is 0 Å². The summed E-state index contributed by atoms with van der Waals surface area (Å²) in [4.78, 5) is 0. The predicted molar refractivity (Wildman–Crippen MR) is 41.9 cm³/mol. The van der Waals surface area contributed by atoms with Crippen molar-refractivity contribution >= 4 is 0 Å². The minimum atomic E-state index is 0.340. The molecule has 1 rings (SSSR count). The van der Waals surface area contributed by atoms with Gasteiger partial charge in [0, 0.05) is 6.20 Å². The van der Waals surface area contributed by atoms with E-state index in [2.05, 4.69) is 18.9 Å². The van der Waals surface area contributed by atoms with E-state index in [0.717, 1.165) is 0 Å². The SMILES string of the molecule is CC(C)c1cnn(CC#N)c1. The topological polar surface area (TPSA) is 41.6 Å². The molecular weight excluding hydrogens is 138 g/mol. The lowest BCUT2D eigenvalue weighted by Crippen LogP contribution is -1.94. The van der Waals surface area contributed by atoms with Crippen LogP contribution in [0.1, 0.15) is 25.3 Å². The fraction of sp³-hybridized carbons (Fsp3) is 0.500. The van der Waals surface area contributed by atoms with Gasteiger partial charge in [-0.3, -0.25) is 4.68 Å². The number of aromatic nitrogens is 2. The molecule has 0 saturated carbocycles. The van der Waals surface area contributed by atoms with E-state index in [9.17, 15) is 0 Å². The Morgan fingerprint density at radius 2 is 2.45 bits per heavy atom. The van der Waals surface area contributed by atoms with Gasteiger partial charge in [0.25, 0.3) is 0 Å². The molecule has 0 radical (unpaired) electrons. The molecule has 0 unspecified atom stereocenters. The highest BCUT2D eigenvalue weighted by molar-refractivity contribution is 5.08. The van der Waals surface area contributed by atoms with Crippen molar-refractivity contribution in [3.63, 3.8) is 0 Å². The Hall–Kier alpha value is -1.30. The van der Waals surface area contributed by atoms with E-state index in [1.54, 1.807) is 4.68 Å². The molecule has 3 nitrogen and oxygen atoms in total. The maximum Gasteiger partial charge on any atom is 0.128 e. The molecule has 0 aromatic carbocycles. The molecule has 0 spiro atoms. The minimum absolute atomic E-state index is 0.340. The van der Waals surface area contributed by atoms with Crippen LogP contribution < -0.4 is 0 Å². The van der Waals surface area contributed by atoms with Crippen LogP contribution in [0.15, 0.2) is 12.4 Å². The van der Waals surface area contributed by atoms with Crippen LogP contribution in [0.3, 0.4) is 0 Å². The summed E-state index contributed by atoms with van der Waals surface area (Å²) in [7, 11) is 0. The molecule has 0 fully saturated rings. The van der Waals surface area contributed by atoms with E-state index in [1.165, 1.54) is 5.56 Å². The molecule has 3 heteroatoms. The molecule has 0 amide bonds. The van der Waals surface area contributed by atoms with E-state index in [0.29, 0.717) is 12.5 Å². The van der Waals surface area contributed by atoms with E-state index in [1.807, 2.05) is 18.5 Å². The van der Waals surface area contributed by atoms with Gasteiger partial charge in [-0.25, -0.2) is 0 Å². The summed E-state index contributed by atoms with van der Waals surface area (Å²) in [6.45, 7) is 4.55. The third-order valence-corrected chi connectivity index (χ3v) is 1.55. The lowest BCUT2D eigenvalue weighted by Gasteiger charge is -1.96. The van der Waals surface area contributed by atoms with Crippen LogP contribution in [0.4, 0.5) is 0 Å². The number of nitriles is 1. The fourth-order valence-corrected chi connectivity index (χ4v) is 0.837. The van der Waals surface area contributed by atoms with Gasteiger partial charge in [0.1, 0.15) is 6.54 Å². The Morgan fingerprint density at radius 1 is 1.73 bits per heavy atom. The van der Waals surface area contributed by atoms with Crippen molar-refractivity contribution in [2.24, 2.45) is 0 Å². The van der Waals surface area contributed by atoms with Crippen molar-refractivity contribution < 1.29 is 0 Å². The number of hydrogen-bond donors (Lipinski definition) is 0. The van der Waals surface area contributed by atoms with Crippen molar-refractivity contribution in [1.82, 2.24) is 9.78 Å². The largest absolute Gasteiger partial charge is 0.258 e. The Balaban J connectivity index is 2.75. The maximum atomic E-state index is 8.36. The van der Waals surface area contributed by atoms with E-state index >= 15 is 0 Å². The Bertz CT molecular complexity index is 267. The van der Waals surface area contributed by atoms with E-state index < -0.39 is 0 Å². The highest BCUT2D eigenvalue weighted by Gasteiger charge is 2.00. The van der Waals surface area contributed by atoms with Gasteiger partial charge < -0.3 is 0 Å². The molecule has 0 bridgehead atoms. The zero-order valence-corrected chi connectivity index (χ0v) is 6.78. The van der Waals surface area contributed by atoms with Gasteiger partial charge in [-0.05, 0) is 11.5 Å². The summed E-state index contributed by atoms with van der Waals surface area (Å²) in [6.07, 6.45) is 3.72. The molecule has 0 aliphatic heterocycles. The van der Waals surface area contributed by atoms with Gasteiger partial charge in [0.05, 0.1) is 12.3 Å². The third-order valence-electron chi connectivity index (χ3n) is 1.55. The first-order valence-electron chi connectivity index (χ1n) is 3.63. The molecule has 0 atom stereocenters. The van der Waals surface area contributed by atoms with Crippen LogP contribution >= 0.6 is 0 Å². The summed E-state index contributed by atoms with van der Waals surface area (Å²) < 4.78 is 1.65. The third kappa shape index (κ3) is 1.81. The van der Waals surface area contributed by atoms with Gasteiger partial charge in [-0.1, -0.05) is 13.8 Å². The summed E-state index contributed by atoms with van der Waals surface area (Å²) in [5, 5.41) is 12.4. The molecule has 0 N–H and O–H groups in total. The van der Waals surface area contributed by atoms with Crippen LogP contribution in [0, 0.1) is 11.3 Å². The van der Waals surface area contributed by atoms with Gasteiger partial charge in [-0.2, -0.15) is 10.4 Å². The van der Waals surface area contributed by atoms with Crippen LogP contribution in [-0.4, -0.2) is 9.78 Å². The van der Waals surface area contributed by atoms with Crippen molar-refractivity contribution in [2.75, 3.05) is 0 Å². The van der Waals surface area contributed by atoms with Gasteiger partial charge in [0.2, 0.25) is 0 Å². The predicted octanol–water partition coefficient (Wildman–Crippen LogP) is 1.53. The van der Waals surface area contributed by atoms with Crippen LogP contribution in [0.2, 0.25) is 0 Å². The monoisotopic (exact) mass is 149 g/mol. The Labute approximate surface area is 66.3 Å². The molecule has 11 heavy (non-hydrogen) atoms. The average molecular weight is 149 g/mol. The van der Waals surface area contributed by atoms with E-state index in [4.69, 9.17) is 5.26 Å². The van der Waals surface area contributed by atoms with Gasteiger partial charge in [-0.15, -0.1) is 0 Å². The smallest absolute Gasteiger partial charge is 0.128 e. The van der Waals surface area contributed by atoms with Crippen molar-refractivity contribution in [3.8, 4) is 6.07 Å². The first-order chi connectivity index (χ1) is 5.24. The van der Waals surface area contributed by atoms with Crippen molar-refractivity contribution in [3.05, 3.63) is 18.0 Å².